The molecular weight excluding hydrogens is 358 g/mol. The number of halogens is 2. The highest BCUT2D eigenvalue weighted by molar-refractivity contribution is 9.10. The van der Waals surface area contributed by atoms with Gasteiger partial charge in [0.05, 0.1) is 5.56 Å². The summed E-state index contributed by atoms with van der Waals surface area (Å²) in [7, 11) is 0. The molecule has 0 atom stereocenters. The fourth-order valence-corrected chi connectivity index (χ4v) is 2.60. The van der Waals surface area contributed by atoms with Crippen LogP contribution in [0.4, 0.5) is 0 Å². The molecule has 1 aliphatic heterocycles. The fraction of sp³-hybridized carbons (Fsp3) is 0.286. The van der Waals surface area contributed by atoms with Crippen molar-refractivity contribution < 1.29 is 4.79 Å². The third kappa shape index (κ3) is 3.45. The average molecular weight is 373 g/mol. The Balaban J connectivity index is 0.00000161. The van der Waals surface area contributed by atoms with Gasteiger partial charge in [0.25, 0.3) is 5.91 Å². The Kier molecular flexibility index (Phi) is 5.03. The predicted octanol–water partition coefficient (Wildman–Crippen LogP) is 1.66. The van der Waals surface area contributed by atoms with Gasteiger partial charge in [-0.05, 0) is 18.2 Å². The number of benzene rings is 1. The number of rotatable bonds is 3. The van der Waals surface area contributed by atoms with Crippen LogP contribution in [0.2, 0.25) is 0 Å². The summed E-state index contributed by atoms with van der Waals surface area (Å²) in [5.74, 6) is 0.282. The molecule has 0 radical (unpaired) electrons. The van der Waals surface area contributed by atoms with Gasteiger partial charge < -0.3 is 15.6 Å². The molecule has 21 heavy (non-hydrogen) atoms. The van der Waals surface area contributed by atoms with Gasteiger partial charge in [-0.15, -0.1) is 12.4 Å². The minimum atomic E-state index is -0.268. The smallest absolute Gasteiger partial charge is 0.252 e. The van der Waals surface area contributed by atoms with Crippen molar-refractivity contribution in [1.29, 1.82) is 0 Å². The highest BCUT2D eigenvalue weighted by Gasteiger charge is 2.18. The fourth-order valence-electron chi connectivity index (χ4n) is 2.24. The number of amides is 1. The number of fused-ring (bicyclic) bond motifs is 1. The third-order valence-corrected chi connectivity index (χ3v) is 3.96. The van der Waals surface area contributed by atoms with Gasteiger partial charge in [-0.1, -0.05) is 15.9 Å². The Morgan fingerprint density at radius 3 is 2.76 bits per heavy atom. The first-order valence-corrected chi connectivity index (χ1v) is 7.24. The molecule has 112 valence electrons. The van der Waals surface area contributed by atoms with E-state index in [4.69, 9.17) is 0 Å². The zero-order valence-electron chi connectivity index (χ0n) is 11.1. The number of pyridine rings is 1. The van der Waals surface area contributed by atoms with Gasteiger partial charge in [-0.3, -0.25) is 9.59 Å². The number of aromatic amines is 1. The number of hydrogen-bond acceptors (Lipinski definition) is 3. The van der Waals surface area contributed by atoms with E-state index in [2.05, 4.69) is 31.5 Å². The number of H-pyrrole nitrogens is 1. The maximum atomic E-state index is 12.3. The number of carbonyl (C=O) groups is 1. The van der Waals surface area contributed by atoms with E-state index < -0.39 is 0 Å². The lowest BCUT2D eigenvalue weighted by Gasteiger charge is -2.27. The molecule has 5 nitrogen and oxygen atoms in total. The number of nitrogens with one attached hydrogen (secondary N) is 3. The van der Waals surface area contributed by atoms with Crippen molar-refractivity contribution in [2.24, 2.45) is 5.92 Å². The van der Waals surface area contributed by atoms with Crippen molar-refractivity contribution in [2.45, 2.75) is 0 Å². The molecular formula is C14H15BrClN3O2. The minimum Gasteiger partial charge on any atom is -0.352 e. The maximum absolute atomic E-state index is 12.3. The molecule has 7 heteroatoms. The molecule has 1 aliphatic rings. The predicted molar refractivity (Wildman–Crippen MR) is 88.2 cm³/mol. The molecule has 3 rings (SSSR count). The lowest BCUT2D eigenvalue weighted by Crippen LogP contribution is -2.48. The van der Waals surface area contributed by atoms with Crippen LogP contribution in [-0.4, -0.2) is 30.5 Å². The van der Waals surface area contributed by atoms with Gasteiger partial charge in [0.2, 0.25) is 5.56 Å². The van der Waals surface area contributed by atoms with Crippen molar-refractivity contribution in [3.8, 4) is 0 Å². The molecule has 0 unspecified atom stereocenters. The minimum absolute atomic E-state index is 0. The van der Waals surface area contributed by atoms with E-state index in [9.17, 15) is 9.59 Å². The van der Waals surface area contributed by atoms with Crippen LogP contribution in [-0.2, 0) is 0 Å². The first kappa shape index (κ1) is 16.0. The number of carbonyl (C=O) groups excluding carboxylic acids is 1. The van der Waals surface area contributed by atoms with Crippen molar-refractivity contribution in [1.82, 2.24) is 15.6 Å². The van der Waals surface area contributed by atoms with Crippen molar-refractivity contribution in [3.05, 3.63) is 44.7 Å². The summed E-state index contributed by atoms with van der Waals surface area (Å²) in [6.07, 6.45) is 0. The molecule has 2 aromatic rings. The molecule has 1 fully saturated rings. The molecule has 1 aromatic carbocycles. The monoisotopic (exact) mass is 371 g/mol. The van der Waals surface area contributed by atoms with Crippen LogP contribution in [0.25, 0.3) is 10.9 Å². The Morgan fingerprint density at radius 2 is 2.10 bits per heavy atom. The molecule has 1 aromatic heterocycles. The second kappa shape index (κ2) is 6.60. The number of hydrogen-bond donors (Lipinski definition) is 3. The summed E-state index contributed by atoms with van der Waals surface area (Å²) in [5.41, 5.74) is 0.809. The molecule has 2 heterocycles. The highest BCUT2D eigenvalue weighted by atomic mass is 79.9. The summed E-state index contributed by atoms with van der Waals surface area (Å²) in [5, 5.41) is 6.79. The van der Waals surface area contributed by atoms with E-state index in [1.807, 2.05) is 12.1 Å². The van der Waals surface area contributed by atoms with E-state index in [1.54, 1.807) is 6.07 Å². The van der Waals surface area contributed by atoms with Gasteiger partial charge in [-0.25, -0.2) is 0 Å². The summed E-state index contributed by atoms with van der Waals surface area (Å²) >= 11 is 3.38. The first-order valence-electron chi connectivity index (χ1n) is 6.45. The Labute approximate surface area is 136 Å². The van der Waals surface area contributed by atoms with Crippen LogP contribution in [0.3, 0.4) is 0 Å². The van der Waals surface area contributed by atoms with Crippen LogP contribution in [0.15, 0.2) is 33.5 Å². The SMILES string of the molecule is Cl.O=C(NCC1CNC1)c1cc(=O)[nH]c2ccc(Br)cc12. The van der Waals surface area contributed by atoms with Gasteiger partial charge in [0, 0.05) is 47.0 Å². The van der Waals surface area contributed by atoms with E-state index in [0.717, 1.165) is 22.9 Å². The molecule has 0 bridgehead atoms. The summed E-state index contributed by atoms with van der Waals surface area (Å²) < 4.78 is 0.870. The lowest BCUT2D eigenvalue weighted by atomic mass is 10.0. The third-order valence-electron chi connectivity index (χ3n) is 3.47. The summed E-state index contributed by atoms with van der Waals surface area (Å²) in [4.78, 5) is 26.6. The van der Waals surface area contributed by atoms with Gasteiger partial charge >= 0.3 is 0 Å². The molecule has 1 saturated heterocycles. The average Bonchev–Trinajstić information content (AvgIpc) is 2.36. The molecule has 3 N–H and O–H groups in total. The second-order valence-corrected chi connectivity index (χ2v) is 5.89. The number of aromatic nitrogens is 1. The van der Waals surface area contributed by atoms with Gasteiger partial charge in [0.1, 0.15) is 0 Å². The maximum Gasteiger partial charge on any atom is 0.252 e. The Morgan fingerprint density at radius 1 is 1.33 bits per heavy atom. The van der Waals surface area contributed by atoms with E-state index in [-0.39, 0.29) is 23.9 Å². The standard InChI is InChI=1S/C14H14BrN3O2.ClH/c15-9-1-2-12-10(3-9)11(4-13(19)18-12)14(20)17-7-8-5-16-6-8;/h1-4,8,16H,5-7H2,(H,17,20)(H,18,19);1H. The van der Waals surface area contributed by atoms with E-state index >= 15 is 0 Å². The largest absolute Gasteiger partial charge is 0.352 e. The van der Waals surface area contributed by atoms with Crippen LogP contribution >= 0.6 is 28.3 Å². The van der Waals surface area contributed by atoms with E-state index in [1.165, 1.54) is 6.07 Å². The Hall–Kier alpha value is -1.37. The van der Waals surface area contributed by atoms with E-state index in [0.29, 0.717) is 23.5 Å². The zero-order chi connectivity index (χ0) is 14.1. The van der Waals surface area contributed by atoms with Crippen molar-refractivity contribution in [3.63, 3.8) is 0 Å². The molecule has 0 aliphatic carbocycles. The van der Waals surface area contributed by atoms with Crippen LogP contribution in [0, 0.1) is 5.92 Å². The van der Waals surface area contributed by atoms with Crippen molar-refractivity contribution in [2.75, 3.05) is 19.6 Å². The highest BCUT2D eigenvalue weighted by Crippen LogP contribution is 2.20. The van der Waals surface area contributed by atoms with Gasteiger partial charge in [0.15, 0.2) is 0 Å². The van der Waals surface area contributed by atoms with Crippen LogP contribution < -0.4 is 16.2 Å². The molecule has 0 saturated carbocycles. The summed E-state index contributed by atoms with van der Waals surface area (Å²) in [6, 6.07) is 6.81. The topological polar surface area (TPSA) is 74.0 Å². The zero-order valence-corrected chi connectivity index (χ0v) is 13.5. The lowest BCUT2D eigenvalue weighted by molar-refractivity contribution is 0.0943. The van der Waals surface area contributed by atoms with Gasteiger partial charge in [-0.2, -0.15) is 0 Å². The molecule has 0 spiro atoms. The quantitative estimate of drug-likeness (QED) is 0.767. The summed E-state index contributed by atoms with van der Waals surface area (Å²) in [6.45, 7) is 2.50. The van der Waals surface area contributed by atoms with Crippen LogP contribution in [0.1, 0.15) is 10.4 Å². The molecule has 1 amide bonds. The van der Waals surface area contributed by atoms with Crippen molar-refractivity contribution >= 4 is 45.1 Å². The normalized spacial score (nSPS) is 14.3. The van der Waals surface area contributed by atoms with Crippen LogP contribution in [0.5, 0.6) is 0 Å². The first-order chi connectivity index (χ1) is 9.63. The second-order valence-electron chi connectivity index (χ2n) is 4.97. The Bertz CT molecular complexity index is 728.